The van der Waals surface area contributed by atoms with Crippen LogP contribution in [0.3, 0.4) is 0 Å². The number of hydrogen-bond donors (Lipinski definition) is 2. The van der Waals surface area contributed by atoms with Gasteiger partial charge in [0.1, 0.15) is 26.1 Å². The minimum Gasteiger partial charge on any atom is -0.400 e. The molecule has 0 aromatic heterocycles. The second-order valence-electron chi connectivity index (χ2n) is 21.9. The van der Waals surface area contributed by atoms with Crippen molar-refractivity contribution in [1.82, 2.24) is 0 Å². The number of aliphatic hydroxyl groups is 1. The summed E-state index contributed by atoms with van der Waals surface area (Å²) in [5.41, 5.74) is 13.4. The Labute approximate surface area is 425 Å². The number of rotatable bonds is 14. The fourth-order valence-electron chi connectivity index (χ4n) is 9.02. The van der Waals surface area contributed by atoms with Crippen LogP contribution in [0.2, 0.25) is 0 Å². The summed E-state index contributed by atoms with van der Waals surface area (Å²) in [5, 5.41) is 7.00. The number of nitrogens with zero attached hydrogens (tertiary/aromatic N) is 2. The van der Waals surface area contributed by atoms with Crippen LogP contribution in [-0.2, 0) is 49.1 Å². The maximum Gasteiger partial charge on any atom is 0.150 e. The Morgan fingerprint density at radius 3 is 0.971 bits per heavy atom. The number of aliphatic imine (C=N–C) groups is 2. The smallest absolute Gasteiger partial charge is 0.150 e. The third-order valence-corrected chi connectivity index (χ3v) is 13.8. The second kappa shape index (κ2) is 34.7. The molecule has 11 nitrogen and oxygen atoms in total. The molecule has 0 saturated heterocycles. The minimum absolute atomic E-state index is 0. The van der Waals surface area contributed by atoms with Crippen LogP contribution in [0.1, 0.15) is 185 Å². The van der Waals surface area contributed by atoms with E-state index >= 15 is 0 Å². The number of nitrogens with two attached hydrogens (primary N) is 1. The molecule has 70 heavy (non-hydrogen) atoms. The molecule has 3 aliphatic carbocycles. The number of hydrogen-bond acceptors (Lipinski definition) is 11. The van der Waals surface area contributed by atoms with Crippen molar-refractivity contribution in [3.63, 3.8) is 0 Å². The van der Waals surface area contributed by atoms with Gasteiger partial charge in [-0.25, -0.2) is 29.3 Å². The van der Waals surface area contributed by atoms with E-state index in [-0.39, 0.29) is 7.43 Å². The molecule has 396 valence electrons. The highest BCUT2D eigenvalue weighted by molar-refractivity contribution is 5.80. The first-order chi connectivity index (χ1) is 32.8. The fourth-order valence-corrected chi connectivity index (χ4v) is 9.02. The van der Waals surface area contributed by atoms with Crippen LogP contribution in [0.25, 0.3) is 0 Å². The van der Waals surface area contributed by atoms with Crippen LogP contribution in [0.4, 0.5) is 0 Å². The monoisotopic (exact) mass is 976 g/mol. The quantitative estimate of drug-likeness (QED) is 0.0698. The van der Waals surface area contributed by atoms with Crippen molar-refractivity contribution in [3.05, 3.63) is 106 Å². The van der Waals surface area contributed by atoms with Gasteiger partial charge in [0.05, 0.1) is 21.3 Å². The highest BCUT2D eigenvalue weighted by atomic mass is 17.2. The number of aliphatic hydroxyl groups excluding tert-OH is 1. The molecule has 3 aromatic carbocycles. The molecule has 3 aromatic rings. The topological polar surface area (TPSA) is 143 Å². The molecule has 0 heterocycles. The molecular formula is C59H97N3O8. The van der Waals surface area contributed by atoms with Gasteiger partial charge >= 0.3 is 0 Å². The maximum atomic E-state index is 10.3. The van der Waals surface area contributed by atoms with Crippen molar-refractivity contribution in [2.24, 2.45) is 49.7 Å². The van der Waals surface area contributed by atoms with Crippen LogP contribution >= 0.6 is 0 Å². The molecule has 0 radical (unpaired) electrons. The minimum atomic E-state index is 0. The number of benzene rings is 3. The first kappa shape index (κ1) is 64.4. The lowest BCUT2D eigenvalue weighted by atomic mass is 9.71. The van der Waals surface area contributed by atoms with Gasteiger partial charge in [0.2, 0.25) is 0 Å². The van der Waals surface area contributed by atoms with Crippen LogP contribution in [0, 0.1) is 34.0 Å². The fraction of sp³-hybridized carbons (Fsp3) is 0.644. The van der Waals surface area contributed by atoms with E-state index in [1.807, 2.05) is 24.6 Å². The molecule has 3 fully saturated rings. The van der Waals surface area contributed by atoms with E-state index in [0.717, 1.165) is 59.0 Å². The third-order valence-electron chi connectivity index (χ3n) is 13.8. The zero-order valence-corrected chi connectivity index (χ0v) is 45.0. The first-order valence-corrected chi connectivity index (χ1v) is 25.3. The lowest BCUT2D eigenvalue weighted by molar-refractivity contribution is -0.282. The van der Waals surface area contributed by atoms with Crippen molar-refractivity contribution < 1.29 is 39.2 Å². The van der Waals surface area contributed by atoms with E-state index in [1.165, 1.54) is 98.4 Å². The summed E-state index contributed by atoms with van der Waals surface area (Å²) in [6.07, 6.45) is 20.1. The van der Waals surface area contributed by atoms with Crippen LogP contribution in [-0.4, -0.2) is 70.4 Å². The van der Waals surface area contributed by atoms with Gasteiger partial charge in [0.25, 0.3) is 0 Å². The normalized spacial score (nSPS) is 21.6. The molecule has 0 aliphatic heterocycles. The largest absolute Gasteiger partial charge is 0.400 e. The second-order valence-corrected chi connectivity index (χ2v) is 21.9. The van der Waals surface area contributed by atoms with Crippen molar-refractivity contribution >= 4 is 18.7 Å². The lowest BCUT2D eigenvalue weighted by Crippen LogP contribution is -2.31. The zero-order valence-electron chi connectivity index (χ0n) is 45.0. The molecule has 3 saturated carbocycles. The number of carbonyl (C=O) groups excluding carboxylic acids is 1. The number of carbonyl (C=O) groups is 1. The van der Waals surface area contributed by atoms with Crippen LogP contribution in [0.5, 0.6) is 0 Å². The lowest BCUT2D eigenvalue weighted by Gasteiger charge is -2.35. The summed E-state index contributed by atoms with van der Waals surface area (Å²) in [6, 6.07) is 25.1. The van der Waals surface area contributed by atoms with Gasteiger partial charge in [-0.05, 0) is 139 Å². The van der Waals surface area contributed by atoms with Crippen LogP contribution in [0.15, 0.2) is 82.8 Å². The van der Waals surface area contributed by atoms with Gasteiger partial charge in [-0.15, -0.1) is 0 Å². The van der Waals surface area contributed by atoms with Crippen molar-refractivity contribution in [3.8, 4) is 0 Å². The summed E-state index contributed by atoms with van der Waals surface area (Å²) in [4.78, 5) is 48.0. The van der Waals surface area contributed by atoms with E-state index < -0.39 is 0 Å². The average Bonchev–Trinajstić information content (AvgIpc) is 3.34. The Hall–Kier alpha value is -3.65. The van der Waals surface area contributed by atoms with E-state index in [1.54, 1.807) is 12.1 Å². The molecule has 0 amide bonds. The Bertz CT molecular complexity index is 1710. The van der Waals surface area contributed by atoms with Crippen molar-refractivity contribution in [2.75, 3.05) is 28.4 Å². The Balaban J connectivity index is 0.000000478. The third kappa shape index (κ3) is 26.7. The van der Waals surface area contributed by atoms with E-state index in [4.69, 9.17) is 35.5 Å². The van der Waals surface area contributed by atoms with Gasteiger partial charge in [-0.1, -0.05) is 143 Å². The number of aldehydes is 1. The van der Waals surface area contributed by atoms with Gasteiger partial charge in [-0.2, -0.15) is 0 Å². The highest BCUT2D eigenvalue weighted by Gasteiger charge is 2.31. The summed E-state index contributed by atoms with van der Waals surface area (Å²) < 4.78 is 0. The molecule has 6 rings (SSSR count). The van der Waals surface area contributed by atoms with Gasteiger partial charge in [0.15, 0.2) is 0 Å². The van der Waals surface area contributed by atoms with Crippen LogP contribution < -0.4 is 5.73 Å². The Kier molecular flexibility index (Phi) is 31.9. The van der Waals surface area contributed by atoms with E-state index in [2.05, 4.69) is 126 Å². The van der Waals surface area contributed by atoms with E-state index in [0.29, 0.717) is 59.8 Å². The highest BCUT2D eigenvalue weighted by Crippen LogP contribution is 2.40. The SMILES string of the molecule is C.CC(C)(C)C1CCC(N)CC1.CO.COOCc1ccc(C=NC2CCC(C(C)(C)C)CC2)cc1.COOCc1ccc(C=NC2CCC(C(C)(C)C)CC2)cc1.COOCc1ccc(C=O)cc1. The molecular weight excluding hydrogens is 879 g/mol. The molecule has 0 bridgehead atoms. The zero-order chi connectivity index (χ0) is 51.3. The molecule has 11 heteroatoms. The summed E-state index contributed by atoms with van der Waals surface area (Å²) >= 11 is 0. The molecule has 3 aliphatic rings. The summed E-state index contributed by atoms with van der Waals surface area (Å²) in [6.45, 7) is 22.5. The van der Waals surface area contributed by atoms with Gasteiger partial charge < -0.3 is 10.8 Å². The summed E-state index contributed by atoms with van der Waals surface area (Å²) in [5.74, 6) is 2.60. The van der Waals surface area contributed by atoms with Gasteiger partial charge in [0, 0.05) is 43.2 Å². The van der Waals surface area contributed by atoms with Gasteiger partial charge in [-0.3, -0.25) is 14.8 Å². The standard InChI is InChI=1S/2C19H29NO2.C10H21N.C9H10O3.CH4O.CH4/c2*1-19(2,3)17-9-11-18(12-10-17)20-13-15-5-7-16(8-6-15)14-22-21-4;1-10(2,3)8-4-6-9(11)7-5-8;1-11-12-7-9-4-2-8(6-10)3-5-9;1-2;/h2*5-8,13,17-18H,9-12,14H2,1-4H3;8-9H,4-7,11H2,1-3H3;2-6H,7H2,1H3;2H,1H3;1H4. The predicted octanol–water partition coefficient (Wildman–Crippen LogP) is 13.9. The molecule has 0 atom stereocenters. The molecule has 0 unspecified atom stereocenters. The summed E-state index contributed by atoms with van der Waals surface area (Å²) in [7, 11) is 5.50. The average molecular weight is 976 g/mol. The van der Waals surface area contributed by atoms with E-state index in [9.17, 15) is 4.79 Å². The Morgan fingerprint density at radius 2 is 0.729 bits per heavy atom. The van der Waals surface area contributed by atoms with Crippen molar-refractivity contribution in [1.29, 1.82) is 0 Å². The van der Waals surface area contributed by atoms with Crippen molar-refractivity contribution in [2.45, 2.75) is 185 Å². The molecule has 3 N–H and O–H groups in total. The first-order valence-electron chi connectivity index (χ1n) is 25.3. The predicted molar refractivity (Wildman–Crippen MR) is 290 cm³/mol. The molecule has 0 spiro atoms. The maximum absolute atomic E-state index is 10.3. The Morgan fingerprint density at radius 1 is 0.471 bits per heavy atom.